The van der Waals surface area contributed by atoms with Gasteiger partial charge < -0.3 is 14.6 Å². The zero-order chi connectivity index (χ0) is 19.9. The zero-order valence-corrected chi connectivity index (χ0v) is 16.3. The van der Waals surface area contributed by atoms with E-state index in [-0.39, 0.29) is 24.5 Å². The third kappa shape index (κ3) is 6.08. The highest BCUT2D eigenvalue weighted by Gasteiger charge is 2.23. The molecule has 0 aromatic heterocycles. The van der Waals surface area contributed by atoms with E-state index >= 15 is 0 Å². The fourth-order valence-electron chi connectivity index (χ4n) is 2.57. The minimum atomic E-state index is -1.60. The molecule has 6 heteroatoms. The van der Waals surface area contributed by atoms with E-state index in [0.717, 1.165) is 11.1 Å². The van der Waals surface area contributed by atoms with Crippen molar-refractivity contribution in [1.82, 2.24) is 0 Å². The van der Waals surface area contributed by atoms with Crippen molar-refractivity contribution in [1.29, 1.82) is 0 Å². The predicted molar refractivity (Wildman–Crippen MR) is 104 cm³/mol. The zero-order valence-electron chi connectivity index (χ0n) is 15.5. The second-order valence-corrected chi connectivity index (χ2v) is 7.16. The minimum Gasteiger partial charge on any atom is -0.491 e. The van der Waals surface area contributed by atoms with E-state index in [1.54, 1.807) is 12.1 Å². The van der Waals surface area contributed by atoms with Crippen LogP contribution >= 0.6 is 11.6 Å². The van der Waals surface area contributed by atoms with Crippen molar-refractivity contribution >= 4 is 11.6 Å². The Bertz CT molecular complexity index is 630. The van der Waals surface area contributed by atoms with Crippen LogP contribution < -0.4 is 9.47 Å². The van der Waals surface area contributed by atoms with E-state index in [1.807, 2.05) is 36.4 Å². The number of ether oxygens (including phenoxy) is 2. The van der Waals surface area contributed by atoms with Crippen LogP contribution in [-0.2, 0) is 5.41 Å². The molecule has 0 aliphatic rings. The Hall–Kier alpha value is -1.85. The standard InChI is InChI=1S/C21H25ClF2O3/c1-21(2,15-3-7-19(8-4-15)26-13-17(24)12-23)16-5-9-20(10-6-16)27-14-18(25)11-22/h3-10,17-18,25H,11-14H2,1-2H3/t17-,18+/m0/s1. The van der Waals surface area contributed by atoms with Crippen molar-refractivity contribution in [2.45, 2.75) is 31.5 Å². The average Bonchev–Trinajstić information content (AvgIpc) is 2.70. The maximum atomic E-state index is 12.9. The van der Waals surface area contributed by atoms with Gasteiger partial charge >= 0.3 is 0 Å². The van der Waals surface area contributed by atoms with Crippen LogP contribution in [0.3, 0.4) is 0 Å². The first-order chi connectivity index (χ1) is 12.9. The lowest BCUT2D eigenvalue weighted by Gasteiger charge is -2.26. The maximum absolute atomic E-state index is 12.9. The van der Waals surface area contributed by atoms with Gasteiger partial charge in [0.2, 0.25) is 0 Å². The molecule has 2 atom stereocenters. The van der Waals surface area contributed by atoms with Crippen molar-refractivity contribution in [3.05, 3.63) is 59.7 Å². The van der Waals surface area contributed by atoms with Gasteiger partial charge in [-0.05, 0) is 35.4 Å². The first-order valence-electron chi connectivity index (χ1n) is 8.77. The largest absolute Gasteiger partial charge is 0.491 e. The summed E-state index contributed by atoms with van der Waals surface area (Å²) in [5.74, 6) is 1.30. The smallest absolute Gasteiger partial charge is 0.162 e. The van der Waals surface area contributed by atoms with Gasteiger partial charge in [0.25, 0.3) is 0 Å². The highest BCUT2D eigenvalue weighted by molar-refractivity contribution is 6.18. The number of rotatable bonds is 10. The Kier molecular flexibility index (Phi) is 7.87. The monoisotopic (exact) mass is 398 g/mol. The maximum Gasteiger partial charge on any atom is 0.162 e. The second-order valence-electron chi connectivity index (χ2n) is 6.86. The van der Waals surface area contributed by atoms with E-state index in [2.05, 4.69) is 13.8 Å². The fourth-order valence-corrected chi connectivity index (χ4v) is 2.66. The van der Waals surface area contributed by atoms with E-state index < -0.39 is 19.0 Å². The minimum absolute atomic E-state index is 0.130. The van der Waals surface area contributed by atoms with E-state index in [0.29, 0.717) is 11.5 Å². The normalized spacial score (nSPS) is 13.9. The number of benzene rings is 2. The van der Waals surface area contributed by atoms with Crippen LogP contribution in [0.2, 0.25) is 0 Å². The first-order valence-corrected chi connectivity index (χ1v) is 9.31. The Morgan fingerprint density at radius 3 is 1.78 bits per heavy atom. The van der Waals surface area contributed by atoms with Crippen molar-refractivity contribution in [3.63, 3.8) is 0 Å². The molecule has 0 spiro atoms. The summed E-state index contributed by atoms with van der Waals surface area (Å²) in [6.45, 7) is 3.00. The Morgan fingerprint density at radius 2 is 1.37 bits per heavy atom. The Labute approximate surface area is 163 Å². The lowest BCUT2D eigenvalue weighted by Crippen LogP contribution is -2.20. The number of alkyl halides is 3. The van der Waals surface area contributed by atoms with Gasteiger partial charge in [-0.25, -0.2) is 8.78 Å². The molecule has 0 fully saturated rings. The SMILES string of the molecule is CC(C)(c1ccc(OC[C@H](O)CCl)cc1)c1ccc(OC[C@@H](F)CF)cc1. The lowest BCUT2D eigenvalue weighted by atomic mass is 9.78. The number of hydrogen-bond acceptors (Lipinski definition) is 3. The molecule has 0 aliphatic carbocycles. The summed E-state index contributed by atoms with van der Waals surface area (Å²) in [6.07, 6.45) is -2.30. The van der Waals surface area contributed by atoms with Crippen LogP contribution in [0.5, 0.6) is 11.5 Å². The first kappa shape index (κ1) is 21.5. The molecule has 0 bridgehead atoms. The van der Waals surface area contributed by atoms with Crippen LogP contribution in [0, 0.1) is 0 Å². The molecule has 27 heavy (non-hydrogen) atoms. The van der Waals surface area contributed by atoms with Gasteiger partial charge in [0.05, 0.1) is 5.88 Å². The van der Waals surface area contributed by atoms with Crippen LogP contribution in [0.1, 0.15) is 25.0 Å². The molecule has 0 saturated heterocycles. The van der Waals surface area contributed by atoms with Crippen molar-refractivity contribution < 1.29 is 23.4 Å². The molecule has 0 amide bonds. The molecule has 0 heterocycles. The van der Waals surface area contributed by atoms with Crippen LogP contribution in [0.15, 0.2) is 48.5 Å². The van der Waals surface area contributed by atoms with Crippen molar-refractivity contribution in [2.75, 3.05) is 25.8 Å². The van der Waals surface area contributed by atoms with Crippen molar-refractivity contribution in [3.8, 4) is 11.5 Å². The van der Waals surface area contributed by atoms with Crippen LogP contribution in [0.25, 0.3) is 0 Å². The van der Waals surface area contributed by atoms with Gasteiger partial charge in [0.15, 0.2) is 6.17 Å². The molecule has 0 aliphatic heterocycles. The summed E-state index contributed by atoms with van der Waals surface area (Å²) in [5.41, 5.74) is 1.87. The molecule has 2 rings (SSSR count). The highest BCUT2D eigenvalue weighted by Crippen LogP contribution is 2.33. The molecule has 2 aromatic rings. The topological polar surface area (TPSA) is 38.7 Å². The molecule has 0 unspecified atom stereocenters. The summed E-state index contributed by atoms with van der Waals surface area (Å²) in [7, 11) is 0. The lowest BCUT2D eigenvalue weighted by molar-refractivity contribution is 0.125. The van der Waals surface area contributed by atoms with Gasteiger partial charge in [-0.15, -0.1) is 11.6 Å². The fraction of sp³-hybridized carbons (Fsp3) is 0.429. The van der Waals surface area contributed by atoms with E-state index in [4.69, 9.17) is 21.1 Å². The molecule has 0 radical (unpaired) electrons. The van der Waals surface area contributed by atoms with Crippen LogP contribution in [0.4, 0.5) is 8.78 Å². The molecular weight excluding hydrogens is 374 g/mol. The quantitative estimate of drug-likeness (QED) is 0.591. The summed E-state index contributed by atoms with van der Waals surface area (Å²) < 4.78 is 35.8. The van der Waals surface area contributed by atoms with Crippen LogP contribution in [-0.4, -0.2) is 43.2 Å². The molecule has 3 nitrogen and oxygen atoms in total. The van der Waals surface area contributed by atoms with E-state index in [1.165, 1.54) is 0 Å². The van der Waals surface area contributed by atoms with Crippen molar-refractivity contribution in [2.24, 2.45) is 0 Å². The summed E-state index contributed by atoms with van der Waals surface area (Å²) >= 11 is 5.55. The highest BCUT2D eigenvalue weighted by atomic mass is 35.5. The third-order valence-corrected chi connectivity index (χ3v) is 4.73. The molecule has 2 aromatic carbocycles. The Balaban J connectivity index is 2.04. The molecule has 1 N–H and O–H groups in total. The predicted octanol–water partition coefficient (Wildman–Crippen LogP) is 4.68. The van der Waals surface area contributed by atoms with Gasteiger partial charge in [-0.3, -0.25) is 0 Å². The number of halogens is 3. The summed E-state index contributed by atoms with van der Waals surface area (Å²) in [5, 5.41) is 9.45. The summed E-state index contributed by atoms with van der Waals surface area (Å²) in [6, 6.07) is 15.0. The van der Waals surface area contributed by atoms with Gasteiger partial charge in [-0.1, -0.05) is 38.1 Å². The number of aliphatic hydroxyl groups excluding tert-OH is 1. The van der Waals surface area contributed by atoms with E-state index in [9.17, 15) is 13.9 Å². The van der Waals surface area contributed by atoms with Gasteiger partial charge in [0.1, 0.15) is 37.5 Å². The number of aliphatic hydroxyl groups is 1. The van der Waals surface area contributed by atoms with Gasteiger partial charge in [-0.2, -0.15) is 0 Å². The molecule has 0 saturated carbocycles. The number of hydrogen-bond donors (Lipinski definition) is 1. The Morgan fingerprint density at radius 1 is 0.926 bits per heavy atom. The third-order valence-electron chi connectivity index (χ3n) is 4.37. The summed E-state index contributed by atoms with van der Waals surface area (Å²) in [4.78, 5) is 0. The van der Waals surface area contributed by atoms with Gasteiger partial charge in [0, 0.05) is 5.41 Å². The second kappa shape index (κ2) is 9.90. The molecular formula is C21H25ClF2O3. The molecule has 148 valence electrons. The average molecular weight is 399 g/mol.